The van der Waals surface area contributed by atoms with E-state index < -0.39 is 23.6 Å². The fraction of sp³-hybridized carbons (Fsp3) is 0.143. The second-order valence-electron chi connectivity index (χ2n) is 8.24. The average molecular weight is 532 g/mol. The first-order valence-corrected chi connectivity index (χ1v) is 12.4. The fourth-order valence-corrected chi connectivity index (χ4v) is 4.43. The van der Waals surface area contributed by atoms with Gasteiger partial charge in [-0.2, -0.15) is 0 Å². The van der Waals surface area contributed by atoms with Crippen molar-refractivity contribution in [1.29, 1.82) is 0 Å². The van der Waals surface area contributed by atoms with Gasteiger partial charge in [-0.25, -0.2) is 0 Å². The predicted molar refractivity (Wildman–Crippen MR) is 146 cm³/mol. The smallest absolute Gasteiger partial charge is 0.294 e. The fourth-order valence-electron chi connectivity index (χ4n) is 3.59. The molecule has 4 rings (SSSR count). The van der Waals surface area contributed by atoms with Crippen LogP contribution in [0.5, 0.6) is 11.5 Å². The van der Waals surface area contributed by atoms with Gasteiger partial charge in [0.05, 0.1) is 12.0 Å². The molecule has 4 amide bonds. The van der Waals surface area contributed by atoms with Gasteiger partial charge in [0.25, 0.3) is 17.1 Å². The summed E-state index contributed by atoms with van der Waals surface area (Å²) in [7, 11) is 1.46. The maximum absolute atomic E-state index is 12.8. The van der Waals surface area contributed by atoms with E-state index in [0.29, 0.717) is 28.4 Å². The molecule has 38 heavy (non-hydrogen) atoms. The number of carbonyl (C=O) groups excluding carboxylic acids is 4. The van der Waals surface area contributed by atoms with E-state index in [1.54, 1.807) is 48.5 Å². The Labute approximate surface area is 223 Å². The minimum atomic E-state index is -0.560. The van der Waals surface area contributed by atoms with Gasteiger partial charge in [-0.15, -0.1) is 0 Å². The number of para-hydroxylation sites is 2. The van der Waals surface area contributed by atoms with Gasteiger partial charge in [0.2, 0.25) is 5.91 Å². The summed E-state index contributed by atoms with van der Waals surface area (Å²) in [5.74, 6) is -0.667. The zero-order valence-electron chi connectivity index (χ0n) is 20.7. The van der Waals surface area contributed by atoms with Crippen molar-refractivity contribution in [1.82, 2.24) is 4.90 Å². The second kappa shape index (κ2) is 12.1. The Bertz CT molecular complexity index is 1410. The number of nitrogens with one attached hydrogen (secondary N) is 2. The number of benzene rings is 3. The SMILES string of the molecule is COc1cc(/C=C2\SC(=O)N(CC(=O)Nc3ccccc3)C2=O)ccc1OCC(=O)Nc1ccccc1C. The molecular formula is C28H25N3O6S. The summed E-state index contributed by atoms with van der Waals surface area (Å²) < 4.78 is 11.0. The van der Waals surface area contributed by atoms with E-state index in [1.807, 2.05) is 31.2 Å². The summed E-state index contributed by atoms with van der Waals surface area (Å²) in [5, 5.41) is 4.93. The average Bonchev–Trinajstić information content (AvgIpc) is 3.16. The molecule has 0 unspecified atom stereocenters. The maximum Gasteiger partial charge on any atom is 0.294 e. The highest BCUT2D eigenvalue weighted by molar-refractivity contribution is 8.18. The molecule has 0 aromatic heterocycles. The minimum Gasteiger partial charge on any atom is -0.493 e. The third kappa shape index (κ3) is 6.60. The monoisotopic (exact) mass is 531 g/mol. The summed E-state index contributed by atoms with van der Waals surface area (Å²) in [6, 6.07) is 21.1. The van der Waals surface area contributed by atoms with Crippen molar-refractivity contribution in [2.75, 3.05) is 30.9 Å². The molecule has 0 bridgehead atoms. The van der Waals surface area contributed by atoms with Gasteiger partial charge >= 0.3 is 0 Å². The Morgan fingerprint density at radius 3 is 2.39 bits per heavy atom. The van der Waals surface area contributed by atoms with Crippen LogP contribution in [0.25, 0.3) is 6.08 Å². The van der Waals surface area contributed by atoms with Crippen molar-refractivity contribution in [3.05, 3.63) is 88.8 Å². The zero-order valence-corrected chi connectivity index (χ0v) is 21.5. The van der Waals surface area contributed by atoms with Gasteiger partial charge in [-0.05, 0) is 66.2 Å². The normalized spacial score (nSPS) is 13.9. The van der Waals surface area contributed by atoms with Crippen molar-refractivity contribution in [3.8, 4) is 11.5 Å². The topological polar surface area (TPSA) is 114 Å². The molecule has 10 heteroatoms. The molecule has 3 aromatic carbocycles. The third-order valence-corrected chi connectivity index (χ3v) is 6.40. The van der Waals surface area contributed by atoms with Crippen LogP contribution in [0.4, 0.5) is 16.2 Å². The van der Waals surface area contributed by atoms with Crippen LogP contribution in [0.1, 0.15) is 11.1 Å². The zero-order chi connectivity index (χ0) is 27.1. The lowest BCUT2D eigenvalue weighted by Crippen LogP contribution is -2.36. The van der Waals surface area contributed by atoms with Gasteiger partial charge in [0.1, 0.15) is 6.54 Å². The van der Waals surface area contributed by atoms with Gasteiger partial charge in [-0.1, -0.05) is 42.5 Å². The van der Waals surface area contributed by atoms with E-state index in [9.17, 15) is 19.2 Å². The molecule has 1 heterocycles. The van der Waals surface area contributed by atoms with Crippen LogP contribution in [0.2, 0.25) is 0 Å². The van der Waals surface area contributed by atoms with Gasteiger partial charge in [0.15, 0.2) is 18.1 Å². The van der Waals surface area contributed by atoms with Gasteiger partial charge in [0, 0.05) is 11.4 Å². The van der Waals surface area contributed by atoms with Crippen LogP contribution in [0.15, 0.2) is 77.7 Å². The molecule has 1 aliphatic rings. The number of aryl methyl sites for hydroxylation is 1. The second-order valence-corrected chi connectivity index (χ2v) is 9.24. The first-order valence-electron chi connectivity index (χ1n) is 11.6. The summed E-state index contributed by atoms with van der Waals surface area (Å²) in [5.41, 5.74) is 2.79. The van der Waals surface area contributed by atoms with Crippen molar-refractivity contribution in [2.24, 2.45) is 0 Å². The number of rotatable bonds is 9. The van der Waals surface area contributed by atoms with Crippen molar-refractivity contribution < 1.29 is 28.7 Å². The largest absolute Gasteiger partial charge is 0.493 e. The molecule has 1 aliphatic heterocycles. The number of imide groups is 1. The van der Waals surface area contributed by atoms with E-state index in [-0.39, 0.29) is 17.4 Å². The van der Waals surface area contributed by atoms with Crippen LogP contribution in [0, 0.1) is 6.92 Å². The van der Waals surface area contributed by atoms with Gasteiger partial charge in [-0.3, -0.25) is 24.1 Å². The van der Waals surface area contributed by atoms with E-state index in [1.165, 1.54) is 13.2 Å². The Kier molecular flexibility index (Phi) is 8.44. The first-order chi connectivity index (χ1) is 18.3. The highest BCUT2D eigenvalue weighted by atomic mass is 32.2. The number of anilines is 2. The molecule has 0 aliphatic carbocycles. The number of hydrogen-bond acceptors (Lipinski definition) is 7. The Morgan fingerprint density at radius 1 is 0.921 bits per heavy atom. The predicted octanol–water partition coefficient (Wildman–Crippen LogP) is 4.70. The molecule has 0 spiro atoms. The van der Waals surface area contributed by atoms with Crippen molar-refractivity contribution in [3.63, 3.8) is 0 Å². The quantitative estimate of drug-likeness (QED) is 0.385. The summed E-state index contributed by atoms with van der Waals surface area (Å²) in [6.45, 7) is 1.28. The standard InChI is InChI=1S/C28H25N3O6S/c1-18-8-6-7-11-21(18)30-26(33)17-37-22-13-12-19(14-23(22)36-2)15-24-27(34)31(28(35)38-24)16-25(32)29-20-9-4-3-5-10-20/h3-15H,16-17H2,1-2H3,(H,29,32)(H,30,33)/b24-15-. The van der Waals surface area contributed by atoms with Crippen LogP contribution in [0.3, 0.4) is 0 Å². The summed E-state index contributed by atoms with van der Waals surface area (Å²) >= 11 is 0.752. The molecule has 3 aromatic rings. The maximum atomic E-state index is 12.8. The molecular weight excluding hydrogens is 506 g/mol. The number of carbonyl (C=O) groups is 4. The Balaban J connectivity index is 1.38. The van der Waals surface area contributed by atoms with Crippen molar-refractivity contribution >= 4 is 52.2 Å². The van der Waals surface area contributed by atoms with E-state index >= 15 is 0 Å². The lowest BCUT2D eigenvalue weighted by atomic mass is 10.2. The molecule has 9 nitrogen and oxygen atoms in total. The van der Waals surface area contributed by atoms with E-state index in [2.05, 4.69) is 10.6 Å². The van der Waals surface area contributed by atoms with Crippen LogP contribution in [-0.4, -0.2) is 48.1 Å². The third-order valence-electron chi connectivity index (χ3n) is 5.50. The van der Waals surface area contributed by atoms with E-state index in [4.69, 9.17) is 9.47 Å². The highest BCUT2D eigenvalue weighted by Crippen LogP contribution is 2.34. The Hall–Kier alpha value is -4.57. The van der Waals surface area contributed by atoms with Crippen molar-refractivity contribution in [2.45, 2.75) is 6.92 Å². The highest BCUT2D eigenvalue weighted by Gasteiger charge is 2.36. The molecule has 194 valence electrons. The van der Waals surface area contributed by atoms with Gasteiger partial charge < -0.3 is 20.1 Å². The summed E-state index contributed by atoms with van der Waals surface area (Å²) in [6.07, 6.45) is 1.54. The molecule has 0 saturated carbocycles. The number of methoxy groups -OCH3 is 1. The van der Waals surface area contributed by atoms with E-state index in [0.717, 1.165) is 22.2 Å². The summed E-state index contributed by atoms with van der Waals surface area (Å²) in [4.78, 5) is 51.0. The Morgan fingerprint density at radius 2 is 1.66 bits per heavy atom. The number of ether oxygens (including phenoxy) is 2. The first kappa shape index (κ1) is 26.5. The number of nitrogens with zero attached hydrogens (tertiary/aromatic N) is 1. The number of amides is 4. The van der Waals surface area contributed by atoms with Crippen LogP contribution >= 0.6 is 11.8 Å². The van der Waals surface area contributed by atoms with Crippen LogP contribution < -0.4 is 20.1 Å². The lowest BCUT2D eigenvalue weighted by molar-refractivity contribution is -0.127. The molecule has 2 N–H and O–H groups in total. The molecule has 0 atom stereocenters. The van der Waals surface area contributed by atoms with Crippen LogP contribution in [-0.2, 0) is 14.4 Å². The molecule has 0 radical (unpaired) electrons. The minimum absolute atomic E-state index is 0.177. The lowest BCUT2D eigenvalue weighted by Gasteiger charge is -2.13. The number of hydrogen-bond donors (Lipinski definition) is 2. The molecule has 1 fully saturated rings. The number of thioether (sulfide) groups is 1. The molecule has 1 saturated heterocycles.